The summed E-state index contributed by atoms with van der Waals surface area (Å²) in [5, 5.41) is 43.4. The molecule has 4 rings (SSSR count). The Kier molecular flexibility index (Phi) is 6.02. The lowest BCUT2D eigenvalue weighted by molar-refractivity contribution is -0.135. The molecule has 5 nitrogen and oxygen atoms in total. The number of hydrogen-bond donors (Lipinski definition) is 4. The first-order valence-corrected chi connectivity index (χ1v) is 12.8. The summed E-state index contributed by atoms with van der Waals surface area (Å²) < 4.78 is 0. The van der Waals surface area contributed by atoms with E-state index in [9.17, 15) is 25.2 Å². The first-order valence-electron chi connectivity index (χ1n) is 12.8. The van der Waals surface area contributed by atoms with Gasteiger partial charge in [0.05, 0.1) is 23.4 Å². The van der Waals surface area contributed by atoms with Gasteiger partial charge < -0.3 is 20.4 Å². The summed E-state index contributed by atoms with van der Waals surface area (Å²) in [6.45, 7) is 10.0. The molecule has 4 aliphatic rings. The Labute approximate surface area is 193 Å². The first-order chi connectivity index (χ1) is 14.7. The zero-order valence-electron chi connectivity index (χ0n) is 20.7. The van der Waals surface area contributed by atoms with Gasteiger partial charge in [-0.05, 0) is 94.5 Å². The quantitative estimate of drug-likeness (QED) is 0.478. The normalized spacial score (nSPS) is 44.0. The van der Waals surface area contributed by atoms with Crippen LogP contribution in [0.5, 0.6) is 0 Å². The molecule has 0 aliphatic heterocycles. The third-order valence-electron chi connectivity index (χ3n) is 10.3. The van der Waals surface area contributed by atoms with Crippen LogP contribution in [0.1, 0.15) is 98.8 Å². The summed E-state index contributed by atoms with van der Waals surface area (Å²) in [7, 11) is 0. The number of carbonyl (C=O) groups is 1. The number of fused-ring (bicyclic) bond motifs is 4. The van der Waals surface area contributed by atoms with Crippen LogP contribution >= 0.6 is 0 Å². The lowest BCUT2D eigenvalue weighted by atomic mass is 9.49. The van der Waals surface area contributed by atoms with Gasteiger partial charge in [0.15, 0.2) is 0 Å². The number of hydrogen-bond acceptors (Lipinski definition) is 5. The maximum absolute atomic E-state index is 13.3. The smallest absolute Gasteiger partial charge is 0.141 e. The van der Waals surface area contributed by atoms with E-state index < -0.39 is 23.4 Å². The van der Waals surface area contributed by atoms with Crippen molar-refractivity contribution in [2.45, 2.75) is 122 Å². The fourth-order valence-electron chi connectivity index (χ4n) is 8.14. The molecule has 0 aromatic heterocycles. The molecule has 0 saturated heterocycles. The van der Waals surface area contributed by atoms with E-state index in [1.165, 1.54) is 5.57 Å². The van der Waals surface area contributed by atoms with E-state index in [0.29, 0.717) is 32.1 Å². The van der Waals surface area contributed by atoms with Crippen LogP contribution in [0.3, 0.4) is 0 Å². The summed E-state index contributed by atoms with van der Waals surface area (Å²) in [4.78, 5) is 13.3. The van der Waals surface area contributed by atoms with E-state index in [2.05, 4.69) is 20.8 Å². The summed E-state index contributed by atoms with van der Waals surface area (Å²) in [6, 6.07) is 0. The number of allylic oxidation sites excluding steroid dienone is 1. The summed E-state index contributed by atoms with van der Waals surface area (Å²) in [5.74, 6) is 0.250. The molecular weight excluding hydrogens is 404 g/mol. The zero-order valence-corrected chi connectivity index (χ0v) is 20.7. The molecule has 32 heavy (non-hydrogen) atoms. The number of carbonyl (C=O) groups excluding carboxylic acids is 1. The van der Waals surface area contributed by atoms with Crippen molar-refractivity contribution in [3.63, 3.8) is 0 Å². The molecule has 8 atom stereocenters. The van der Waals surface area contributed by atoms with Crippen LogP contribution in [0, 0.1) is 28.6 Å². The second kappa shape index (κ2) is 7.90. The molecule has 0 spiro atoms. The van der Waals surface area contributed by atoms with Gasteiger partial charge in [0.1, 0.15) is 5.78 Å². The summed E-state index contributed by atoms with van der Waals surface area (Å²) in [5.41, 5.74) is -0.116. The van der Waals surface area contributed by atoms with Gasteiger partial charge in [0.2, 0.25) is 0 Å². The fourth-order valence-corrected chi connectivity index (χ4v) is 8.14. The minimum absolute atomic E-state index is 0.0194. The molecule has 5 heteroatoms. The molecule has 0 amide bonds. The van der Waals surface area contributed by atoms with E-state index in [4.69, 9.17) is 0 Å². The predicted molar refractivity (Wildman–Crippen MR) is 124 cm³/mol. The van der Waals surface area contributed by atoms with Gasteiger partial charge in [0.25, 0.3) is 0 Å². The van der Waals surface area contributed by atoms with Gasteiger partial charge in [-0.25, -0.2) is 0 Å². The van der Waals surface area contributed by atoms with Crippen LogP contribution in [0.4, 0.5) is 0 Å². The highest BCUT2D eigenvalue weighted by Crippen LogP contribution is 2.67. The van der Waals surface area contributed by atoms with Crippen LogP contribution in [-0.2, 0) is 4.79 Å². The summed E-state index contributed by atoms with van der Waals surface area (Å²) >= 11 is 0. The van der Waals surface area contributed by atoms with Crippen molar-refractivity contribution in [1.82, 2.24) is 0 Å². The minimum Gasteiger partial charge on any atom is -0.393 e. The molecule has 182 valence electrons. The van der Waals surface area contributed by atoms with Crippen LogP contribution in [0.15, 0.2) is 11.1 Å². The molecular formula is C27H44O5. The average Bonchev–Trinajstić information content (AvgIpc) is 2.98. The van der Waals surface area contributed by atoms with Gasteiger partial charge in [-0.3, -0.25) is 4.79 Å². The Morgan fingerprint density at radius 2 is 1.81 bits per heavy atom. The van der Waals surface area contributed by atoms with Gasteiger partial charge in [-0.15, -0.1) is 0 Å². The fraction of sp³-hybridized carbons (Fsp3) is 0.889. The maximum Gasteiger partial charge on any atom is 0.141 e. The molecule has 2 saturated carbocycles. The Morgan fingerprint density at radius 1 is 1.12 bits per heavy atom. The van der Waals surface area contributed by atoms with Crippen LogP contribution in [-0.4, -0.2) is 49.6 Å². The third-order valence-corrected chi connectivity index (χ3v) is 10.3. The second-order valence-corrected chi connectivity index (χ2v) is 12.7. The van der Waals surface area contributed by atoms with Crippen molar-refractivity contribution in [2.24, 2.45) is 28.6 Å². The number of aliphatic hydroxyl groups excluding tert-OH is 2. The van der Waals surface area contributed by atoms with Crippen molar-refractivity contribution in [3.05, 3.63) is 11.1 Å². The standard InChI is InChI=1S/C27H44O5/c1-16(22(29)9-10-24(2,3)31)18-8-13-27(32)20-15-23(30)21-14-17(28)6-11-25(21,4)19(20)7-12-26(18,27)5/h16-18,21-22,28-29,31-32H,6-15H2,1-5H3. The Bertz CT molecular complexity index is 796. The van der Waals surface area contributed by atoms with E-state index in [0.717, 1.165) is 37.7 Å². The molecule has 0 aromatic carbocycles. The minimum atomic E-state index is -0.991. The number of ketones is 1. The van der Waals surface area contributed by atoms with Crippen molar-refractivity contribution in [3.8, 4) is 0 Å². The monoisotopic (exact) mass is 448 g/mol. The topological polar surface area (TPSA) is 98.0 Å². The van der Waals surface area contributed by atoms with Crippen molar-refractivity contribution in [2.75, 3.05) is 0 Å². The number of Topliss-reactive ketones (excluding diaryl/α,β-unsaturated/α-hetero) is 1. The van der Waals surface area contributed by atoms with Gasteiger partial charge in [0, 0.05) is 17.8 Å². The molecule has 0 heterocycles. The summed E-state index contributed by atoms with van der Waals surface area (Å²) in [6.07, 6.45) is 5.84. The predicted octanol–water partition coefficient (Wildman–Crippen LogP) is 3.91. The van der Waals surface area contributed by atoms with Crippen LogP contribution < -0.4 is 0 Å². The van der Waals surface area contributed by atoms with E-state index >= 15 is 0 Å². The highest BCUT2D eigenvalue weighted by atomic mass is 16.3. The van der Waals surface area contributed by atoms with Gasteiger partial charge in [-0.1, -0.05) is 26.3 Å². The van der Waals surface area contributed by atoms with Crippen molar-refractivity contribution < 1.29 is 25.2 Å². The van der Waals surface area contributed by atoms with Gasteiger partial charge in [-0.2, -0.15) is 0 Å². The van der Waals surface area contributed by atoms with E-state index in [1.807, 2.05) is 0 Å². The lowest BCUT2D eigenvalue weighted by Crippen LogP contribution is -2.56. The zero-order chi connectivity index (χ0) is 23.7. The SMILES string of the molecule is CC(C(O)CCC(C)(C)O)C1CCC2(O)C3=C(CCC12C)C1(C)CCC(O)CC1C(=O)C3. The van der Waals surface area contributed by atoms with E-state index in [-0.39, 0.29) is 34.4 Å². The molecule has 0 aromatic rings. The lowest BCUT2D eigenvalue weighted by Gasteiger charge is -2.57. The molecule has 8 unspecified atom stereocenters. The first kappa shape index (κ1) is 24.4. The van der Waals surface area contributed by atoms with Crippen molar-refractivity contribution in [1.29, 1.82) is 0 Å². The van der Waals surface area contributed by atoms with Crippen LogP contribution in [0.2, 0.25) is 0 Å². The second-order valence-electron chi connectivity index (χ2n) is 12.7. The molecule has 2 fully saturated rings. The Morgan fingerprint density at radius 3 is 2.47 bits per heavy atom. The average molecular weight is 449 g/mol. The maximum atomic E-state index is 13.3. The molecule has 4 aliphatic carbocycles. The molecule has 0 radical (unpaired) electrons. The highest BCUT2D eigenvalue weighted by Gasteiger charge is 2.64. The largest absolute Gasteiger partial charge is 0.393 e. The van der Waals surface area contributed by atoms with Crippen molar-refractivity contribution >= 4 is 5.78 Å². The highest BCUT2D eigenvalue weighted by molar-refractivity contribution is 5.87. The Balaban J connectivity index is 1.63. The van der Waals surface area contributed by atoms with E-state index in [1.54, 1.807) is 13.8 Å². The molecule has 4 N–H and O–H groups in total. The molecule has 0 bridgehead atoms. The number of rotatable bonds is 5. The van der Waals surface area contributed by atoms with Crippen LogP contribution in [0.25, 0.3) is 0 Å². The third kappa shape index (κ3) is 3.62. The number of aliphatic hydroxyl groups is 4. The van der Waals surface area contributed by atoms with Gasteiger partial charge >= 0.3 is 0 Å². The Hall–Kier alpha value is -0.750.